The number of nitrogens with one attached hydrogen (secondary N) is 3. The van der Waals surface area contributed by atoms with Crippen molar-refractivity contribution in [3.05, 3.63) is 50.4 Å². The van der Waals surface area contributed by atoms with Gasteiger partial charge in [-0.1, -0.05) is 29.3 Å². The Bertz CT molecular complexity index is 1080. The topological polar surface area (TPSA) is 108 Å². The number of H-pyrrole nitrogens is 1. The average Bonchev–Trinajstić information content (AvgIpc) is 3.12. The van der Waals surface area contributed by atoms with E-state index in [4.69, 9.17) is 23.2 Å². The molecule has 1 aliphatic heterocycles. The molecule has 4 N–H and O–H groups in total. The zero-order valence-corrected chi connectivity index (χ0v) is 18.4. The monoisotopic (exact) mass is 472 g/mol. The molecular weight excluding hydrogens is 451 g/mol. The van der Waals surface area contributed by atoms with Crippen LogP contribution in [0.25, 0.3) is 11.0 Å². The number of aliphatic hydroxyl groups is 1. The van der Waals surface area contributed by atoms with Gasteiger partial charge >= 0.3 is 0 Å². The number of anilines is 1. The van der Waals surface area contributed by atoms with E-state index in [9.17, 15) is 9.90 Å². The Morgan fingerprint density at radius 2 is 2.00 bits per heavy atom. The highest BCUT2D eigenvalue weighted by Gasteiger charge is 2.33. The third-order valence-electron chi connectivity index (χ3n) is 5.43. The van der Waals surface area contributed by atoms with Crippen molar-refractivity contribution < 1.29 is 5.11 Å². The summed E-state index contributed by atoms with van der Waals surface area (Å²) < 4.78 is 1.66. The molecule has 0 atom stereocenters. The molecule has 1 fully saturated rings. The first-order valence-electron chi connectivity index (χ1n) is 9.45. The summed E-state index contributed by atoms with van der Waals surface area (Å²) in [6.45, 7) is 2.66. The van der Waals surface area contributed by atoms with E-state index in [1.54, 1.807) is 23.0 Å². The highest BCUT2D eigenvalue weighted by molar-refractivity contribution is 6.42. The van der Waals surface area contributed by atoms with Crippen LogP contribution in [0.2, 0.25) is 10.0 Å². The fourth-order valence-corrected chi connectivity index (χ4v) is 4.01. The van der Waals surface area contributed by atoms with Crippen LogP contribution < -0.4 is 16.2 Å². The molecular formula is C19H23Cl3N6O2. The highest BCUT2D eigenvalue weighted by Crippen LogP contribution is 2.30. The minimum absolute atomic E-state index is 0. The van der Waals surface area contributed by atoms with E-state index in [0.717, 1.165) is 31.5 Å². The summed E-state index contributed by atoms with van der Waals surface area (Å²) in [5, 5.41) is 21.7. The summed E-state index contributed by atoms with van der Waals surface area (Å²) in [4.78, 5) is 20.0. The van der Waals surface area contributed by atoms with E-state index in [1.165, 1.54) is 0 Å². The zero-order chi connectivity index (χ0) is 20.4. The van der Waals surface area contributed by atoms with Crippen molar-refractivity contribution in [3.8, 4) is 0 Å². The standard InChI is InChI=1S/C19H22Cl2N6O2.ClH/c20-13-2-1-12(7-14(13)21)8-23-18-25-15-9-24-27(16(15)17(29)26-18)10-19(11-28)3-5-22-6-4-19;/h1-2,7,9,22,28H,3-6,8,10-11H2,(H2,23,25,26,29);1H. The van der Waals surface area contributed by atoms with Gasteiger partial charge in [0.15, 0.2) is 5.52 Å². The smallest absolute Gasteiger partial charge is 0.278 e. The van der Waals surface area contributed by atoms with Crippen molar-refractivity contribution in [2.75, 3.05) is 25.0 Å². The molecule has 0 aliphatic carbocycles. The van der Waals surface area contributed by atoms with Gasteiger partial charge in [0, 0.05) is 18.5 Å². The normalized spacial score (nSPS) is 15.7. The molecule has 0 radical (unpaired) electrons. The summed E-state index contributed by atoms with van der Waals surface area (Å²) in [5.74, 6) is 0.354. The number of hydrogen-bond acceptors (Lipinski definition) is 6. The molecule has 30 heavy (non-hydrogen) atoms. The molecule has 0 spiro atoms. The van der Waals surface area contributed by atoms with E-state index in [1.807, 2.05) is 6.07 Å². The number of fused-ring (bicyclic) bond motifs is 1. The van der Waals surface area contributed by atoms with Crippen molar-refractivity contribution in [1.82, 2.24) is 25.1 Å². The lowest BCUT2D eigenvalue weighted by Gasteiger charge is -2.35. The maximum Gasteiger partial charge on any atom is 0.278 e. The molecule has 1 saturated heterocycles. The number of hydrogen-bond donors (Lipinski definition) is 4. The van der Waals surface area contributed by atoms with Gasteiger partial charge in [-0.15, -0.1) is 12.4 Å². The fraction of sp³-hybridized carbons (Fsp3) is 0.421. The van der Waals surface area contributed by atoms with E-state index < -0.39 is 0 Å². The molecule has 4 rings (SSSR count). The van der Waals surface area contributed by atoms with Gasteiger partial charge in [0.25, 0.3) is 5.56 Å². The summed E-state index contributed by atoms with van der Waals surface area (Å²) in [7, 11) is 0. The van der Waals surface area contributed by atoms with Gasteiger partial charge in [0.1, 0.15) is 5.52 Å². The average molecular weight is 474 g/mol. The number of halogens is 3. The molecule has 1 aromatic carbocycles. The molecule has 8 nitrogen and oxygen atoms in total. The Hall–Kier alpha value is -1.84. The number of benzene rings is 1. The molecule has 162 valence electrons. The minimum atomic E-state index is -0.276. The van der Waals surface area contributed by atoms with Crippen LogP contribution in [0.4, 0.5) is 5.95 Å². The van der Waals surface area contributed by atoms with Crippen molar-refractivity contribution in [2.24, 2.45) is 5.41 Å². The van der Waals surface area contributed by atoms with Crippen LogP contribution in [0.1, 0.15) is 18.4 Å². The SMILES string of the molecule is Cl.O=c1[nH]c(NCc2ccc(Cl)c(Cl)c2)nc2cnn(CC3(CO)CCNCC3)c12. The van der Waals surface area contributed by atoms with Gasteiger partial charge in [-0.2, -0.15) is 5.10 Å². The van der Waals surface area contributed by atoms with E-state index in [0.29, 0.717) is 40.1 Å². The molecule has 2 aromatic heterocycles. The predicted octanol–water partition coefficient (Wildman–Crippen LogP) is 2.82. The van der Waals surface area contributed by atoms with Crippen molar-refractivity contribution in [2.45, 2.75) is 25.9 Å². The van der Waals surface area contributed by atoms with E-state index in [2.05, 4.69) is 25.7 Å². The Morgan fingerprint density at radius 3 is 2.70 bits per heavy atom. The quantitative estimate of drug-likeness (QED) is 0.438. The fourth-order valence-electron chi connectivity index (χ4n) is 3.69. The van der Waals surface area contributed by atoms with Crippen LogP contribution >= 0.6 is 35.6 Å². The molecule has 3 aromatic rings. The third kappa shape index (κ3) is 4.73. The zero-order valence-electron chi connectivity index (χ0n) is 16.1. The lowest BCUT2D eigenvalue weighted by Crippen LogP contribution is -2.42. The van der Waals surface area contributed by atoms with Gasteiger partial charge in [0.05, 0.1) is 22.8 Å². The Morgan fingerprint density at radius 1 is 1.23 bits per heavy atom. The molecule has 0 saturated carbocycles. The van der Waals surface area contributed by atoms with Crippen LogP contribution in [0.15, 0.2) is 29.2 Å². The second-order valence-corrected chi connectivity index (χ2v) is 8.28. The van der Waals surface area contributed by atoms with Crippen LogP contribution in [0.5, 0.6) is 0 Å². The van der Waals surface area contributed by atoms with Crippen molar-refractivity contribution >= 4 is 52.6 Å². The Balaban J connectivity index is 0.00000256. The lowest BCUT2D eigenvalue weighted by atomic mass is 9.79. The lowest BCUT2D eigenvalue weighted by molar-refractivity contribution is 0.0690. The van der Waals surface area contributed by atoms with Gasteiger partial charge in [0.2, 0.25) is 5.95 Å². The van der Waals surface area contributed by atoms with E-state index >= 15 is 0 Å². The van der Waals surface area contributed by atoms with Crippen molar-refractivity contribution in [3.63, 3.8) is 0 Å². The van der Waals surface area contributed by atoms with Crippen LogP contribution in [0, 0.1) is 5.41 Å². The molecule has 0 unspecified atom stereocenters. The first-order valence-corrected chi connectivity index (χ1v) is 10.2. The number of rotatable bonds is 6. The first kappa shape index (κ1) is 22.8. The van der Waals surface area contributed by atoms with Gasteiger partial charge in [-0.25, -0.2) is 4.98 Å². The minimum Gasteiger partial charge on any atom is -0.396 e. The van der Waals surface area contributed by atoms with Crippen LogP contribution in [-0.2, 0) is 13.1 Å². The third-order valence-corrected chi connectivity index (χ3v) is 6.17. The summed E-state index contributed by atoms with van der Waals surface area (Å²) in [5.41, 5.74) is 1.28. The molecule has 1 aliphatic rings. The van der Waals surface area contributed by atoms with Gasteiger partial charge in [-0.3, -0.25) is 14.5 Å². The summed E-state index contributed by atoms with van der Waals surface area (Å²) >= 11 is 12.0. The first-order chi connectivity index (χ1) is 14.0. The molecule has 0 bridgehead atoms. The number of piperidine rings is 1. The number of nitrogens with zero attached hydrogens (tertiary/aromatic N) is 3. The van der Waals surface area contributed by atoms with Gasteiger partial charge < -0.3 is 15.7 Å². The number of aromatic amines is 1. The number of aromatic nitrogens is 4. The number of aliphatic hydroxyl groups excluding tert-OH is 1. The predicted molar refractivity (Wildman–Crippen MR) is 121 cm³/mol. The maximum atomic E-state index is 12.7. The summed E-state index contributed by atoms with van der Waals surface area (Å²) in [6.07, 6.45) is 3.25. The maximum absolute atomic E-state index is 12.7. The second-order valence-electron chi connectivity index (χ2n) is 7.46. The Labute approximate surface area is 189 Å². The van der Waals surface area contributed by atoms with Crippen LogP contribution in [0.3, 0.4) is 0 Å². The second kappa shape index (κ2) is 9.53. The largest absolute Gasteiger partial charge is 0.396 e. The molecule has 11 heteroatoms. The van der Waals surface area contributed by atoms with E-state index in [-0.39, 0.29) is 30.0 Å². The molecule has 0 amide bonds. The molecule has 3 heterocycles. The summed E-state index contributed by atoms with van der Waals surface area (Å²) in [6, 6.07) is 5.34. The Kier molecular flexibility index (Phi) is 7.26. The van der Waals surface area contributed by atoms with Gasteiger partial charge in [-0.05, 0) is 43.6 Å². The highest BCUT2D eigenvalue weighted by atomic mass is 35.5. The van der Waals surface area contributed by atoms with Crippen LogP contribution in [-0.4, -0.2) is 44.6 Å². The van der Waals surface area contributed by atoms with Crippen molar-refractivity contribution in [1.29, 1.82) is 0 Å².